The van der Waals surface area contributed by atoms with Gasteiger partial charge in [0.25, 0.3) is 11.8 Å². The molecule has 0 aliphatic rings. The van der Waals surface area contributed by atoms with Crippen molar-refractivity contribution in [2.45, 2.75) is 20.3 Å². The standard InChI is InChI=1S/C28H29BrClN3O6/c1-4-12-38-23-11-6-19(15-24(23)36-3)28(35)33-31-16-18-13-22(29)27(25(14-18)37-5-2)39-17-26(34)32-21-9-7-20(30)8-10-21/h6-11,13-16H,4-5,12,17H2,1-3H3,(H,32,34)(H,33,35)/b31-16+. The van der Waals surface area contributed by atoms with Gasteiger partial charge in [0.1, 0.15) is 0 Å². The van der Waals surface area contributed by atoms with E-state index < -0.39 is 5.91 Å². The zero-order chi connectivity index (χ0) is 28.2. The van der Waals surface area contributed by atoms with Crippen LogP contribution in [0.2, 0.25) is 5.02 Å². The molecule has 0 spiro atoms. The SMILES string of the molecule is CCCOc1ccc(C(=O)N/N=C/c2cc(Br)c(OCC(=O)Nc3ccc(Cl)cc3)c(OCC)c2)cc1OC. The predicted molar refractivity (Wildman–Crippen MR) is 155 cm³/mol. The summed E-state index contributed by atoms with van der Waals surface area (Å²) in [5.41, 5.74) is 4.10. The number of rotatable bonds is 13. The van der Waals surface area contributed by atoms with Gasteiger partial charge in [0.15, 0.2) is 29.6 Å². The number of ether oxygens (including phenoxy) is 4. The fourth-order valence-electron chi connectivity index (χ4n) is 3.30. The second kappa shape index (κ2) is 15.0. The summed E-state index contributed by atoms with van der Waals surface area (Å²) in [6, 6.07) is 15.1. The molecular formula is C28H29BrClN3O6. The first-order chi connectivity index (χ1) is 18.8. The number of carbonyl (C=O) groups excluding carboxylic acids is 2. The molecule has 0 saturated heterocycles. The van der Waals surface area contributed by atoms with E-state index in [-0.39, 0.29) is 12.5 Å². The van der Waals surface area contributed by atoms with Crippen molar-refractivity contribution in [2.24, 2.45) is 5.10 Å². The van der Waals surface area contributed by atoms with Crippen LogP contribution in [0.3, 0.4) is 0 Å². The van der Waals surface area contributed by atoms with Crippen LogP contribution in [0, 0.1) is 0 Å². The summed E-state index contributed by atoms with van der Waals surface area (Å²) in [5, 5.41) is 7.37. The Balaban J connectivity index is 1.65. The molecule has 0 aliphatic carbocycles. The minimum Gasteiger partial charge on any atom is -0.493 e. The molecule has 0 aromatic heterocycles. The van der Waals surface area contributed by atoms with Crippen molar-refractivity contribution < 1.29 is 28.5 Å². The Morgan fingerprint density at radius 2 is 1.74 bits per heavy atom. The maximum absolute atomic E-state index is 12.6. The predicted octanol–water partition coefficient (Wildman–Crippen LogP) is 6.08. The lowest BCUT2D eigenvalue weighted by atomic mass is 10.2. The number of benzene rings is 3. The summed E-state index contributed by atoms with van der Waals surface area (Å²) in [6.45, 7) is 4.52. The molecule has 0 unspecified atom stereocenters. The minimum atomic E-state index is -0.414. The van der Waals surface area contributed by atoms with Crippen LogP contribution in [0.4, 0.5) is 5.69 Å². The van der Waals surface area contributed by atoms with Crippen LogP contribution in [0.5, 0.6) is 23.0 Å². The number of hydrogen-bond acceptors (Lipinski definition) is 7. The van der Waals surface area contributed by atoms with Crippen molar-refractivity contribution in [3.8, 4) is 23.0 Å². The third kappa shape index (κ3) is 8.90. The van der Waals surface area contributed by atoms with Crippen molar-refractivity contribution >= 4 is 51.2 Å². The van der Waals surface area contributed by atoms with Crippen LogP contribution in [0.25, 0.3) is 0 Å². The summed E-state index contributed by atoms with van der Waals surface area (Å²) in [7, 11) is 1.52. The zero-order valence-corrected chi connectivity index (χ0v) is 24.1. The molecule has 206 valence electrons. The van der Waals surface area contributed by atoms with Crippen LogP contribution in [0.1, 0.15) is 36.2 Å². The average molecular weight is 619 g/mol. The van der Waals surface area contributed by atoms with E-state index in [1.165, 1.54) is 13.3 Å². The van der Waals surface area contributed by atoms with E-state index in [2.05, 4.69) is 31.8 Å². The first kappa shape index (κ1) is 29.8. The van der Waals surface area contributed by atoms with Gasteiger partial charge in [0, 0.05) is 16.3 Å². The van der Waals surface area contributed by atoms with Crippen molar-refractivity contribution in [1.29, 1.82) is 0 Å². The largest absolute Gasteiger partial charge is 0.493 e. The van der Waals surface area contributed by atoms with Crippen LogP contribution in [0.15, 0.2) is 64.2 Å². The number of nitrogens with zero attached hydrogens (tertiary/aromatic N) is 1. The van der Waals surface area contributed by atoms with E-state index in [0.717, 1.165) is 6.42 Å². The third-order valence-corrected chi connectivity index (χ3v) is 5.92. The molecule has 0 saturated carbocycles. The van der Waals surface area contributed by atoms with Crippen molar-refractivity contribution in [2.75, 3.05) is 32.2 Å². The monoisotopic (exact) mass is 617 g/mol. The molecule has 2 amide bonds. The fraction of sp³-hybridized carbons (Fsp3) is 0.250. The van der Waals surface area contributed by atoms with Gasteiger partial charge in [-0.3, -0.25) is 9.59 Å². The highest BCUT2D eigenvalue weighted by Gasteiger charge is 2.15. The molecule has 39 heavy (non-hydrogen) atoms. The number of amides is 2. The fourth-order valence-corrected chi connectivity index (χ4v) is 4.00. The number of anilines is 1. The van der Waals surface area contributed by atoms with E-state index in [9.17, 15) is 9.59 Å². The van der Waals surface area contributed by atoms with Gasteiger partial charge >= 0.3 is 0 Å². The Hall–Kier alpha value is -3.76. The number of methoxy groups -OCH3 is 1. The van der Waals surface area contributed by atoms with Crippen molar-refractivity contribution in [3.63, 3.8) is 0 Å². The third-order valence-electron chi connectivity index (χ3n) is 5.07. The molecule has 11 heteroatoms. The molecule has 9 nitrogen and oxygen atoms in total. The number of nitrogens with one attached hydrogen (secondary N) is 2. The summed E-state index contributed by atoms with van der Waals surface area (Å²) >= 11 is 9.34. The van der Waals surface area contributed by atoms with Gasteiger partial charge in [0.2, 0.25) is 0 Å². The maximum atomic E-state index is 12.6. The second-order valence-electron chi connectivity index (χ2n) is 8.02. The topological polar surface area (TPSA) is 107 Å². The highest BCUT2D eigenvalue weighted by Crippen LogP contribution is 2.36. The lowest BCUT2D eigenvalue weighted by Crippen LogP contribution is -2.20. The lowest BCUT2D eigenvalue weighted by Gasteiger charge is -2.14. The Morgan fingerprint density at radius 3 is 2.44 bits per heavy atom. The van der Waals surface area contributed by atoms with Crippen LogP contribution in [-0.2, 0) is 4.79 Å². The Kier molecular flexibility index (Phi) is 11.4. The normalized spacial score (nSPS) is 10.7. The van der Waals surface area contributed by atoms with E-state index in [1.807, 2.05) is 13.8 Å². The van der Waals surface area contributed by atoms with Gasteiger partial charge in [-0.15, -0.1) is 0 Å². The molecule has 2 N–H and O–H groups in total. The summed E-state index contributed by atoms with van der Waals surface area (Å²) in [5.74, 6) is 1.04. The second-order valence-corrected chi connectivity index (χ2v) is 9.31. The number of hydrazone groups is 1. The molecular weight excluding hydrogens is 590 g/mol. The van der Waals surface area contributed by atoms with Gasteiger partial charge in [-0.1, -0.05) is 18.5 Å². The number of hydrogen-bond donors (Lipinski definition) is 2. The molecule has 0 bridgehead atoms. The Labute approximate surface area is 240 Å². The first-order valence-electron chi connectivity index (χ1n) is 12.1. The first-order valence-corrected chi connectivity index (χ1v) is 13.3. The molecule has 3 aromatic rings. The zero-order valence-electron chi connectivity index (χ0n) is 21.8. The Bertz CT molecular complexity index is 1320. The van der Waals surface area contributed by atoms with Crippen LogP contribution in [-0.4, -0.2) is 45.0 Å². The van der Waals surface area contributed by atoms with Gasteiger partial charge in [-0.05, 0) is 89.4 Å². The van der Waals surface area contributed by atoms with Crippen molar-refractivity contribution in [3.05, 3.63) is 75.2 Å². The summed E-state index contributed by atoms with van der Waals surface area (Å²) < 4.78 is 23.0. The molecule has 3 aromatic carbocycles. The molecule has 0 aliphatic heterocycles. The van der Waals surface area contributed by atoms with E-state index in [0.29, 0.717) is 62.5 Å². The minimum absolute atomic E-state index is 0.240. The van der Waals surface area contributed by atoms with Gasteiger partial charge in [0.05, 0.1) is 31.0 Å². The lowest BCUT2D eigenvalue weighted by molar-refractivity contribution is -0.118. The van der Waals surface area contributed by atoms with Crippen molar-refractivity contribution in [1.82, 2.24) is 5.43 Å². The van der Waals surface area contributed by atoms with E-state index in [1.54, 1.807) is 54.6 Å². The summed E-state index contributed by atoms with van der Waals surface area (Å²) in [6.07, 6.45) is 2.33. The molecule has 0 radical (unpaired) electrons. The molecule has 0 atom stereocenters. The quantitative estimate of drug-likeness (QED) is 0.178. The average Bonchev–Trinajstić information content (AvgIpc) is 2.92. The van der Waals surface area contributed by atoms with E-state index in [4.69, 9.17) is 30.5 Å². The highest BCUT2D eigenvalue weighted by molar-refractivity contribution is 9.10. The Morgan fingerprint density at radius 1 is 0.974 bits per heavy atom. The number of carbonyl (C=O) groups is 2. The van der Waals surface area contributed by atoms with Crippen LogP contribution >= 0.6 is 27.5 Å². The molecule has 0 fully saturated rings. The van der Waals surface area contributed by atoms with Gasteiger partial charge in [-0.25, -0.2) is 5.43 Å². The molecule has 0 heterocycles. The van der Waals surface area contributed by atoms with Gasteiger partial charge < -0.3 is 24.3 Å². The number of halogens is 2. The van der Waals surface area contributed by atoms with Crippen LogP contribution < -0.4 is 29.7 Å². The highest BCUT2D eigenvalue weighted by atomic mass is 79.9. The van der Waals surface area contributed by atoms with E-state index >= 15 is 0 Å². The summed E-state index contributed by atoms with van der Waals surface area (Å²) in [4.78, 5) is 24.9. The molecule has 3 rings (SSSR count). The maximum Gasteiger partial charge on any atom is 0.271 e. The smallest absolute Gasteiger partial charge is 0.271 e. The van der Waals surface area contributed by atoms with Gasteiger partial charge in [-0.2, -0.15) is 5.10 Å².